The molecule has 1 fully saturated rings. The zero-order valence-corrected chi connectivity index (χ0v) is 15.3. The largest absolute Gasteiger partial charge is 0.422 e. The number of benzene rings is 1. The van der Waals surface area contributed by atoms with Crippen molar-refractivity contribution in [3.8, 4) is 0 Å². The molecule has 0 aliphatic carbocycles. The van der Waals surface area contributed by atoms with E-state index in [-0.39, 0.29) is 11.8 Å². The van der Waals surface area contributed by atoms with E-state index < -0.39 is 0 Å². The predicted molar refractivity (Wildman–Crippen MR) is 105 cm³/mol. The summed E-state index contributed by atoms with van der Waals surface area (Å²) in [6.45, 7) is 2.27. The van der Waals surface area contributed by atoms with Gasteiger partial charge in [0, 0.05) is 31.7 Å². The smallest absolute Gasteiger partial charge is 0.299 e. The molecule has 1 aromatic carbocycles. The second kappa shape index (κ2) is 8.20. The minimum Gasteiger partial charge on any atom is -0.422 e. The SMILES string of the molecule is O=C(NCCCc1ccccc1)C1CCN(c2nc3ncccc3o2)CC1. The maximum absolute atomic E-state index is 12.4. The van der Waals surface area contributed by atoms with Gasteiger partial charge in [0.25, 0.3) is 6.01 Å². The van der Waals surface area contributed by atoms with Crippen molar-refractivity contribution in [2.75, 3.05) is 24.5 Å². The van der Waals surface area contributed by atoms with E-state index in [2.05, 4.69) is 44.5 Å². The summed E-state index contributed by atoms with van der Waals surface area (Å²) in [6.07, 6.45) is 5.30. The van der Waals surface area contributed by atoms with Gasteiger partial charge in [-0.1, -0.05) is 30.3 Å². The molecule has 6 nitrogen and oxygen atoms in total. The van der Waals surface area contributed by atoms with E-state index in [9.17, 15) is 4.79 Å². The summed E-state index contributed by atoms with van der Waals surface area (Å²) < 4.78 is 5.78. The van der Waals surface area contributed by atoms with Crippen LogP contribution in [0, 0.1) is 5.92 Å². The van der Waals surface area contributed by atoms with Crippen LogP contribution in [-0.4, -0.2) is 35.5 Å². The molecule has 0 radical (unpaired) electrons. The molecule has 27 heavy (non-hydrogen) atoms. The van der Waals surface area contributed by atoms with Crippen molar-refractivity contribution in [1.29, 1.82) is 0 Å². The zero-order valence-electron chi connectivity index (χ0n) is 15.3. The molecule has 1 aliphatic heterocycles. The fourth-order valence-electron chi connectivity index (χ4n) is 3.52. The Balaban J connectivity index is 1.22. The number of anilines is 1. The summed E-state index contributed by atoms with van der Waals surface area (Å²) in [5.74, 6) is 0.238. The lowest BCUT2D eigenvalue weighted by Crippen LogP contribution is -2.41. The third-order valence-electron chi connectivity index (χ3n) is 5.07. The molecule has 0 bridgehead atoms. The first kappa shape index (κ1) is 17.5. The van der Waals surface area contributed by atoms with Gasteiger partial charge in [0.2, 0.25) is 11.6 Å². The number of carbonyl (C=O) groups excluding carboxylic acids is 1. The first-order chi connectivity index (χ1) is 13.3. The molecule has 4 rings (SSSR count). The molecule has 1 N–H and O–H groups in total. The minimum absolute atomic E-state index is 0.0699. The maximum Gasteiger partial charge on any atom is 0.299 e. The summed E-state index contributed by atoms with van der Waals surface area (Å²) >= 11 is 0. The Morgan fingerprint density at radius 1 is 1.15 bits per heavy atom. The second-order valence-electron chi connectivity index (χ2n) is 6.96. The van der Waals surface area contributed by atoms with E-state index in [4.69, 9.17) is 4.42 Å². The predicted octanol–water partition coefficient (Wildman–Crippen LogP) is 3.19. The van der Waals surface area contributed by atoms with Crippen molar-refractivity contribution in [2.24, 2.45) is 5.92 Å². The van der Waals surface area contributed by atoms with Crippen molar-refractivity contribution in [1.82, 2.24) is 15.3 Å². The number of piperidine rings is 1. The monoisotopic (exact) mass is 364 g/mol. The van der Waals surface area contributed by atoms with Crippen LogP contribution in [0.2, 0.25) is 0 Å². The number of aromatic nitrogens is 2. The number of pyridine rings is 1. The van der Waals surface area contributed by atoms with Crippen LogP contribution in [0.15, 0.2) is 53.1 Å². The van der Waals surface area contributed by atoms with Crippen molar-refractivity contribution in [3.05, 3.63) is 54.2 Å². The molecule has 0 saturated carbocycles. The molecule has 2 aromatic heterocycles. The van der Waals surface area contributed by atoms with Crippen molar-refractivity contribution in [2.45, 2.75) is 25.7 Å². The Hall–Kier alpha value is -2.89. The molecule has 140 valence electrons. The van der Waals surface area contributed by atoms with Gasteiger partial charge in [-0.15, -0.1) is 0 Å². The van der Waals surface area contributed by atoms with Crippen LogP contribution in [-0.2, 0) is 11.2 Å². The standard InChI is InChI=1S/C21H24N4O2/c26-20(23-13-4-8-16-6-2-1-3-7-16)17-10-14-25(15-11-17)21-24-19-18(27-21)9-5-12-22-19/h1-3,5-7,9,12,17H,4,8,10-11,13-15H2,(H,23,26). The lowest BCUT2D eigenvalue weighted by atomic mass is 9.96. The van der Waals surface area contributed by atoms with E-state index in [0.29, 0.717) is 17.2 Å². The Morgan fingerprint density at radius 2 is 1.96 bits per heavy atom. The van der Waals surface area contributed by atoms with Crippen LogP contribution in [0.4, 0.5) is 6.01 Å². The van der Waals surface area contributed by atoms with Gasteiger partial charge in [-0.05, 0) is 43.4 Å². The molecule has 1 aliphatic rings. The van der Waals surface area contributed by atoms with E-state index in [1.54, 1.807) is 6.20 Å². The van der Waals surface area contributed by atoms with Crippen LogP contribution in [0.5, 0.6) is 0 Å². The van der Waals surface area contributed by atoms with Gasteiger partial charge in [-0.3, -0.25) is 4.79 Å². The van der Waals surface area contributed by atoms with E-state index in [1.165, 1.54) is 5.56 Å². The molecule has 0 spiro atoms. The summed E-state index contributed by atoms with van der Waals surface area (Å²) in [6, 6.07) is 14.7. The highest BCUT2D eigenvalue weighted by atomic mass is 16.4. The maximum atomic E-state index is 12.4. The summed E-state index contributed by atoms with van der Waals surface area (Å²) in [4.78, 5) is 23.2. The van der Waals surface area contributed by atoms with Crippen LogP contribution in [0.25, 0.3) is 11.2 Å². The first-order valence-electron chi connectivity index (χ1n) is 9.58. The third kappa shape index (κ3) is 4.27. The lowest BCUT2D eigenvalue weighted by Gasteiger charge is -2.30. The van der Waals surface area contributed by atoms with Gasteiger partial charge in [-0.2, -0.15) is 4.98 Å². The molecule has 6 heteroatoms. The first-order valence-corrected chi connectivity index (χ1v) is 9.58. The van der Waals surface area contributed by atoms with Crippen molar-refractivity contribution >= 4 is 23.2 Å². The Labute approximate surface area is 158 Å². The molecule has 0 unspecified atom stereocenters. The summed E-state index contributed by atoms with van der Waals surface area (Å²) in [5.41, 5.74) is 2.64. The Kier molecular flexibility index (Phi) is 5.32. The number of carbonyl (C=O) groups is 1. The van der Waals surface area contributed by atoms with Gasteiger partial charge in [-0.25, -0.2) is 4.98 Å². The molecule has 3 aromatic rings. The lowest BCUT2D eigenvalue weighted by molar-refractivity contribution is -0.125. The van der Waals surface area contributed by atoms with Gasteiger partial charge >= 0.3 is 0 Å². The normalized spacial score (nSPS) is 15.2. The summed E-state index contributed by atoms with van der Waals surface area (Å²) in [5, 5.41) is 3.09. The molecule has 3 heterocycles. The number of hydrogen-bond acceptors (Lipinski definition) is 5. The van der Waals surface area contributed by atoms with E-state index in [1.807, 2.05) is 18.2 Å². The summed E-state index contributed by atoms with van der Waals surface area (Å²) in [7, 11) is 0. The molecule has 1 amide bonds. The number of rotatable bonds is 6. The Morgan fingerprint density at radius 3 is 2.74 bits per heavy atom. The highest BCUT2D eigenvalue weighted by Crippen LogP contribution is 2.25. The van der Waals surface area contributed by atoms with E-state index >= 15 is 0 Å². The highest BCUT2D eigenvalue weighted by Gasteiger charge is 2.27. The topological polar surface area (TPSA) is 71.3 Å². The van der Waals surface area contributed by atoms with Gasteiger partial charge in [0.15, 0.2) is 5.58 Å². The van der Waals surface area contributed by atoms with Gasteiger partial charge in [0.05, 0.1) is 0 Å². The second-order valence-corrected chi connectivity index (χ2v) is 6.96. The molecular formula is C21H24N4O2. The number of fused-ring (bicyclic) bond motifs is 1. The van der Waals surface area contributed by atoms with E-state index in [0.717, 1.165) is 45.3 Å². The van der Waals surface area contributed by atoms with Crippen LogP contribution < -0.4 is 10.2 Å². The number of aryl methyl sites for hydroxylation is 1. The number of hydrogen-bond donors (Lipinski definition) is 1. The molecule has 0 atom stereocenters. The number of oxazole rings is 1. The third-order valence-corrected chi connectivity index (χ3v) is 5.07. The highest BCUT2D eigenvalue weighted by molar-refractivity contribution is 5.79. The molecular weight excluding hydrogens is 340 g/mol. The fraction of sp³-hybridized carbons (Fsp3) is 0.381. The Bertz CT molecular complexity index is 852. The molecule has 1 saturated heterocycles. The van der Waals surface area contributed by atoms with Gasteiger partial charge in [0.1, 0.15) is 0 Å². The van der Waals surface area contributed by atoms with Crippen LogP contribution in [0.1, 0.15) is 24.8 Å². The average molecular weight is 364 g/mol. The minimum atomic E-state index is 0.0699. The van der Waals surface area contributed by atoms with Crippen molar-refractivity contribution < 1.29 is 9.21 Å². The van der Waals surface area contributed by atoms with Crippen molar-refractivity contribution in [3.63, 3.8) is 0 Å². The number of amides is 1. The van der Waals surface area contributed by atoms with Crippen LogP contribution in [0.3, 0.4) is 0 Å². The van der Waals surface area contributed by atoms with Gasteiger partial charge < -0.3 is 14.6 Å². The number of nitrogens with one attached hydrogen (secondary N) is 1. The average Bonchev–Trinajstić information content (AvgIpc) is 3.16. The fourth-order valence-corrected chi connectivity index (χ4v) is 3.52. The quantitative estimate of drug-likeness (QED) is 0.680. The zero-order chi connectivity index (χ0) is 18.5. The van der Waals surface area contributed by atoms with Crippen LogP contribution >= 0.6 is 0 Å². The number of nitrogens with zero attached hydrogens (tertiary/aromatic N) is 3.